The number of hydrogen-bond donors (Lipinski definition) is 2. The first kappa shape index (κ1) is 14.3. The van der Waals surface area contributed by atoms with Gasteiger partial charge in [0.05, 0.1) is 12.0 Å². The summed E-state index contributed by atoms with van der Waals surface area (Å²) in [4.78, 5) is 13.5. The zero-order chi connectivity index (χ0) is 13.9. The van der Waals surface area contributed by atoms with Crippen LogP contribution in [-0.2, 0) is 4.79 Å². The Bertz CT molecular complexity index is 378. The van der Waals surface area contributed by atoms with Crippen LogP contribution in [0.25, 0.3) is 0 Å². The Hall–Kier alpha value is -1.12. The van der Waals surface area contributed by atoms with Crippen molar-refractivity contribution in [2.24, 2.45) is 23.3 Å². The molecule has 0 aromatic heterocycles. The Morgan fingerprint density at radius 1 is 1.42 bits per heavy atom. The van der Waals surface area contributed by atoms with Crippen molar-refractivity contribution in [3.05, 3.63) is 0 Å². The lowest BCUT2D eigenvalue weighted by molar-refractivity contribution is -0.123. The van der Waals surface area contributed by atoms with Gasteiger partial charge in [0.25, 0.3) is 0 Å². The molecular weight excluding hydrogens is 240 g/mol. The van der Waals surface area contributed by atoms with Crippen molar-refractivity contribution in [2.45, 2.75) is 44.1 Å². The van der Waals surface area contributed by atoms with Crippen LogP contribution in [0.2, 0.25) is 0 Å². The van der Waals surface area contributed by atoms with Gasteiger partial charge < -0.3 is 16.4 Å². The van der Waals surface area contributed by atoms with Gasteiger partial charge in [0.2, 0.25) is 5.91 Å². The Balaban J connectivity index is 1.82. The van der Waals surface area contributed by atoms with Crippen LogP contribution in [0.3, 0.4) is 0 Å². The third-order valence-corrected chi connectivity index (χ3v) is 4.78. The van der Waals surface area contributed by atoms with Crippen molar-refractivity contribution in [1.29, 1.82) is 5.26 Å². The third kappa shape index (κ3) is 3.26. The Morgan fingerprint density at radius 2 is 2.21 bits per heavy atom. The lowest BCUT2D eigenvalue weighted by Crippen LogP contribution is -2.45. The van der Waals surface area contributed by atoms with Gasteiger partial charge in [-0.05, 0) is 51.1 Å². The van der Waals surface area contributed by atoms with Gasteiger partial charge in [-0.3, -0.25) is 4.79 Å². The molecule has 0 spiro atoms. The van der Waals surface area contributed by atoms with E-state index in [9.17, 15) is 10.1 Å². The molecule has 0 radical (unpaired) electrons. The monoisotopic (exact) mass is 264 g/mol. The summed E-state index contributed by atoms with van der Waals surface area (Å²) >= 11 is 0. The van der Waals surface area contributed by atoms with Crippen molar-refractivity contribution < 1.29 is 4.79 Å². The average molecular weight is 264 g/mol. The van der Waals surface area contributed by atoms with Gasteiger partial charge in [0.15, 0.2) is 0 Å². The van der Waals surface area contributed by atoms with Crippen molar-refractivity contribution in [3.8, 4) is 6.07 Å². The second-order valence-electron chi connectivity index (χ2n) is 6.07. The van der Waals surface area contributed by atoms with Crippen LogP contribution in [0, 0.1) is 23.2 Å². The van der Waals surface area contributed by atoms with Gasteiger partial charge in [-0.15, -0.1) is 0 Å². The summed E-state index contributed by atoms with van der Waals surface area (Å²) in [6, 6.07) is 2.29. The molecule has 5 heteroatoms. The molecule has 1 aliphatic heterocycles. The molecule has 5 nitrogen and oxygen atoms in total. The van der Waals surface area contributed by atoms with Gasteiger partial charge in [-0.25, -0.2) is 0 Å². The number of carbonyl (C=O) groups excluding carboxylic acids is 1. The average Bonchev–Trinajstić information content (AvgIpc) is 2.79. The fourth-order valence-electron chi connectivity index (χ4n) is 3.48. The summed E-state index contributed by atoms with van der Waals surface area (Å²) in [7, 11) is 0. The van der Waals surface area contributed by atoms with E-state index >= 15 is 0 Å². The van der Waals surface area contributed by atoms with Crippen molar-refractivity contribution >= 4 is 5.91 Å². The molecule has 106 valence electrons. The predicted octanol–water partition coefficient (Wildman–Crippen LogP) is 0.595. The number of nitrogens with two attached hydrogens (primary N) is 2. The number of amides is 1. The maximum absolute atomic E-state index is 11.2. The molecule has 1 heterocycles. The van der Waals surface area contributed by atoms with Crippen molar-refractivity contribution in [1.82, 2.24) is 4.90 Å². The number of nitrogens with zero attached hydrogens (tertiary/aromatic N) is 2. The number of hydrogen-bond acceptors (Lipinski definition) is 4. The largest absolute Gasteiger partial charge is 0.369 e. The first-order valence-electron chi connectivity index (χ1n) is 7.27. The molecule has 0 aromatic carbocycles. The second-order valence-corrected chi connectivity index (χ2v) is 6.07. The Labute approximate surface area is 114 Å². The van der Waals surface area contributed by atoms with Crippen molar-refractivity contribution in [2.75, 3.05) is 19.6 Å². The fourth-order valence-corrected chi connectivity index (χ4v) is 3.48. The molecule has 2 fully saturated rings. The van der Waals surface area contributed by atoms with Gasteiger partial charge in [-0.1, -0.05) is 6.42 Å². The van der Waals surface area contributed by atoms with E-state index in [0.29, 0.717) is 5.92 Å². The van der Waals surface area contributed by atoms with E-state index in [-0.39, 0.29) is 11.8 Å². The number of piperidine rings is 1. The first-order valence-corrected chi connectivity index (χ1v) is 7.27. The SMILES string of the molecule is N#CC1(N)CCCC1CCN1CCCC(C(N)=O)C1. The maximum atomic E-state index is 11.2. The third-order valence-electron chi connectivity index (χ3n) is 4.78. The number of rotatable bonds is 4. The number of likely N-dealkylation sites (tertiary alicyclic amines) is 1. The van der Waals surface area contributed by atoms with E-state index in [2.05, 4.69) is 11.0 Å². The van der Waals surface area contributed by atoms with E-state index in [0.717, 1.165) is 58.2 Å². The minimum absolute atomic E-state index is 0.00377. The standard InChI is InChI=1S/C14H24N4O/c15-10-14(17)6-1-4-12(14)5-8-18-7-2-3-11(9-18)13(16)19/h11-12H,1-9,17H2,(H2,16,19). The normalized spacial score (nSPS) is 36.0. The zero-order valence-corrected chi connectivity index (χ0v) is 11.5. The smallest absolute Gasteiger partial charge is 0.221 e. The maximum Gasteiger partial charge on any atom is 0.221 e. The van der Waals surface area contributed by atoms with Gasteiger partial charge in [-0.2, -0.15) is 5.26 Å². The highest BCUT2D eigenvalue weighted by molar-refractivity contribution is 5.76. The summed E-state index contributed by atoms with van der Waals surface area (Å²) in [5, 5.41) is 9.20. The molecule has 0 bridgehead atoms. The lowest BCUT2D eigenvalue weighted by Gasteiger charge is -2.33. The lowest BCUT2D eigenvalue weighted by atomic mass is 9.86. The summed E-state index contributed by atoms with van der Waals surface area (Å²) in [5.74, 6) is 0.109. The molecule has 3 atom stereocenters. The molecule has 2 rings (SSSR count). The molecular formula is C14H24N4O. The number of carbonyl (C=O) groups is 1. The van der Waals surface area contributed by atoms with Crippen LogP contribution < -0.4 is 11.5 Å². The number of nitriles is 1. The molecule has 1 amide bonds. The highest BCUT2D eigenvalue weighted by atomic mass is 16.1. The molecule has 4 N–H and O–H groups in total. The minimum Gasteiger partial charge on any atom is -0.369 e. The van der Waals surface area contributed by atoms with Crippen LogP contribution in [-0.4, -0.2) is 36.0 Å². The molecule has 19 heavy (non-hydrogen) atoms. The Morgan fingerprint density at radius 3 is 2.89 bits per heavy atom. The molecule has 1 aliphatic carbocycles. The van der Waals surface area contributed by atoms with E-state index < -0.39 is 5.54 Å². The van der Waals surface area contributed by atoms with Crippen molar-refractivity contribution in [3.63, 3.8) is 0 Å². The summed E-state index contributed by atoms with van der Waals surface area (Å²) in [6.07, 6.45) is 5.82. The molecule has 0 aromatic rings. The fraction of sp³-hybridized carbons (Fsp3) is 0.857. The highest BCUT2D eigenvalue weighted by Crippen LogP contribution is 2.35. The van der Waals surface area contributed by atoms with E-state index in [1.165, 1.54) is 0 Å². The van der Waals surface area contributed by atoms with Crippen LogP contribution in [0.4, 0.5) is 0 Å². The van der Waals surface area contributed by atoms with Crippen LogP contribution >= 0.6 is 0 Å². The summed E-state index contributed by atoms with van der Waals surface area (Å²) in [5.41, 5.74) is 10.9. The number of primary amides is 1. The Kier molecular flexibility index (Phi) is 4.43. The van der Waals surface area contributed by atoms with Gasteiger partial charge in [0.1, 0.15) is 5.54 Å². The van der Waals surface area contributed by atoms with Crippen LogP contribution in [0.15, 0.2) is 0 Å². The predicted molar refractivity (Wildman–Crippen MR) is 72.8 cm³/mol. The second kappa shape index (κ2) is 5.89. The topological polar surface area (TPSA) is 96.1 Å². The van der Waals surface area contributed by atoms with E-state index in [1.807, 2.05) is 0 Å². The quantitative estimate of drug-likeness (QED) is 0.777. The summed E-state index contributed by atoms with van der Waals surface area (Å²) < 4.78 is 0. The van der Waals surface area contributed by atoms with Crippen LogP contribution in [0.5, 0.6) is 0 Å². The molecule has 2 aliphatic rings. The van der Waals surface area contributed by atoms with E-state index in [4.69, 9.17) is 11.5 Å². The van der Waals surface area contributed by atoms with E-state index in [1.54, 1.807) is 0 Å². The van der Waals surface area contributed by atoms with Gasteiger partial charge >= 0.3 is 0 Å². The first-order chi connectivity index (χ1) is 9.05. The van der Waals surface area contributed by atoms with Crippen LogP contribution in [0.1, 0.15) is 38.5 Å². The molecule has 1 saturated heterocycles. The zero-order valence-electron chi connectivity index (χ0n) is 11.5. The highest BCUT2D eigenvalue weighted by Gasteiger charge is 2.39. The molecule has 1 saturated carbocycles. The summed E-state index contributed by atoms with van der Waals surface area (Å²) in [6.45, 7) is 2.72. The minimum atomic E-state index is -0.626. The molecule has 3 unspecified atom stereocenters. The van der Waals surface area contributed by atoms with Gasteiger partial charge in [0, 0.05) is 6.54 Å².